The van der Waals surface area contributed by atoms with Gasteiger partial charge >= 0.3 is 0 Å². The molecular weight excluding hydrogens is 210 g/mol. The third-order valence-corrected chi connectivity index (χ3v) is 2.88. The van der Waals surface area contributed by atoms with Gasteiger partial charge in [0.25, 0.3) is 0 Å². The zero-order valence-electron chi connectivity index (χ0n) is 10.5. The Morgan fingerprint density at radius 2 is 1.88 bits per heavy atom. The van der Waals surface area contributed by atoms with Gasteiger partial charge in [-0.1, -0.05) is 12.1 Å². The van der Waals surface area contributed by atoms with E-state index in [-0.39, 0.29) is 0 Å². The number of hydrogen-bond acceptors (Lipinski definition) is 3. The fraction of sp³-hybridized carbons (Fsp3) is 0.286. The molecular formula is C14H17N3. The van der Waals surface area contributed by atoms with E-state index in [0.29, 0.717) is 0 Å². The van der Waals surface area contributed by atoms with E-state index in [9.17, 15) is 0 Å². The van der Waals surface area contributed by atoms with Crippen LogP contribution in [-0.2, 0) is 6.54 Å². The molecule has 3 nitrogen and oxygen atoms in total. The summed E-state index contributed by atoms with van der Waals surface area (Å²) < 4.78 is 0. The summed E-state index contributed by atoms with van der Waals surface area (Å²) in [6.07, 6.45) is 1.62. The van der Waals surface area contributed by atoms with Gasteiger partial charge in [0.15, 0.2) is 0 Å². The molecule has 0 amide bonds. The first kappa shape index (κ1) is 11.7. The van der Waals surface area contributed by atoms with E-state index in [4.69, 9.17) is 0 Å². The van der Waals surface area contributed by atoms with Crippen molar-refractivity contribution in [2.24, 2.45) is 0 Å². The van der Waals surface area contributed by atoms with E-state index < -0.39 is 0 Å². The average molecular weight is 227 g/mol. The van der Waals surface area contributed by atoms with Crippen molar-refractivity contribution in [2.75, 3.05) is 7.05 Å². The lowest BCUT2D eigenvalue weighted by Crippen LogP contribution is -2.07. The van der Waals surface area contributed by atoms with Gasteiger partial charge in [-0.2, -0.15) is 0 Å². The van der Waals surface area contributed by atoms with Crippen molar-refractivity contribution in [2.45, 2.75) is 20.4 Å². The topological polar surface area (TPSA) is 37.8 Å². The second kappa shape index (κ2) is 5.06. The zero-order valence-corrected chi connectivity index (χ0v) is 10.5. The minimum absolute atomic E-state index is 0.764. The maximum atomic E-state index is 4.32. The van der Waals surface area contributed by atoms with Crippen LogP contribution < -0.4 is 5.32 Å². The van der Waals surface area contributed by atoms with Gasteiger partial charge in [-0.25, -0.2) is 9.97 Å². The van der Waals surface area contributed by atoms with Gasteiger partial charge in [-0.3, -0.25) is 0 Å². The van der Waals surface area contributed by atoms with Gasteiger partial charge in [-0.05, 0) is 44.2 Å². The van der Waals surface area contributed by atoms with E-state index in [1.54, 1.807) is 6.33 Å². The second-order valence-corrected chi connectivity index (χ2v) is 4.22. The van der Waals surface area contributed by atoms with Crippen molar-refractivity contribution in [3.05, 3.63) is 47.4 Å². The fourth-order valence-corrected chi connectivity index (χ4v) is 1.73. The van der Waals surface area contributed by atoms with E-state index in [1.807, 2.05) is 13.1 Å². The number of hydrogen-bond donors (Lipinski definition) is 1. The smallest absolute Gasteiger partial charge is 0.116 e. The third-order valence-electron chi connectivity index (χ3n) is 2.88. The molecule has 17 heavy (non-hydrogen) atoms. The fourth-order valence-electron chi connectivity index (χ4n) is 1.73. The normalized spacial score (nSPS) is 10.5. The Labute approximate surface area is 102 Å². The van der Waals surface area contributed by atoms with E-state index in [1.165, 1.54) is 11.1 Å². The first-order valence-corrected chi connectivity index (χ1v) is 5.74. The molecule has 1 aromatic heterocycles. The molecule has 2 rings (SSSR count). The van der Waals surface area contributed by atoms with Crippen LogP contribution in [0.15, 0.2) is 30.6 Å². The Balaban J connectivity index is 2.38. The van der Waals surface area contributed by atoms with Gasteiger partial charge in [0.05, 0.1) is 11.4 Å². The molecule has 0 aliphatic rings. The van der Waals surface area contributed by atoms with Crippen LogP contribution in [-0.4, -0.2) is 17.0 Å². The van der Waals surface area contributed by atoms with Gasteiger partial charge in [0.1, 0.15) is 6.33 Å². The number of aryl methyl sites for hydroxylation is 2. The molecule has 1 N–H and O–H groups in total. The van der Waals surface area contributed by atoms with Crippen molar-refractivity contribution in [1.82, 2.24) is 15.3 Å². The molecule has 0 aliphatic carbocycles. The monoisotopic (exact) mass is 227 g/mol. The quantitative estimate of drug-likeness (QED) is 0.875. The largest absolute Gasteiger partial charge is 0.314 e. The highest BCUT2D eigenvalue weighted by Gasteiger charge is 2.03. The molecule has 2 aromatic rings. The summed E-state index contributed by atoms with van der Waals surface area (Å²) in [7, 11) is 1.91. The van der Waals surface area contributed by atoms with Crippen LogP contribution in [0.4, 0.5) is 0 Å². The lowest BCUT2D eigenvalue weighted by atomic mass is 10.0. The number of benzene rings is 1. The highest BCUT2D eigenvalue weighted by atomic mass is 14.9. The maximum absolute atomic E-state index is 4.32. The van der Waals surface area contributed by atoms with Gasteiger partial charge < -0.3 is 5.32 Å². The second-order valence-electron chi connectivity index (χ2n) is 4.22. The molecule has 0 fully saturated rings. The Morgan fingerprint density at radius 1 is 1.06 bits per heavy atom. The molecule has 0 saturated heterocycles. The average Bonchev–Trinajstić information content (AvgIpc) is 2.33. The summed E-state index contributed by atoms with van der Waals surface area (Å²) in [5, 5.41) is 3.09. The minimum Gasteiger partial charge on any atom is -0.314 e. The number of rotatable bonds is 3. The van der Waals surface area contributed by atoms with Crippen molar-refractivity contribution < 1.29 is 0 Å². The first-order chi connectivity index (χ1) is 8.20. The molecule has 0 aliphatic heterocycles. The van der Waals surface area contributed by atoms with E-state index in [0.717, 1.165) is 23.5 Å². The number of nitrogens with zero attached hydrogens (tertiary/aromatic N) is 2. The van der Waals surface area contributed by atoms with Crippen LogP contribution in [0.25, 0.3) is 11.3 Å². The van der Waals surface area contributed by atoms with Crippen LogP contribution in [0.1, 0.15) is 16.8 Å². The van der Waals surface area contributed by atoms with Crippen LogP contribution in [0.3, 0.4) is 0 Å². The molecule has 0 atom stereocenters. The molecule has 1 heterocycles. The van der Waals surface area contributed by atoms with Crippen molar-refractivity contribution in [1.29, 1.82) is 0 Å². The van der Waals surface area contributed by atoms with Crippen molar-refractivity contribution in [3.8, 4) is 11.3 Å². The summed E-state index contributed by atoms with van der Waals surface area (Å²) in [5.74, 6) is 0. The summed E-state index contributed by atoms with van der Waals surface area (Å²) in [4.78, 5) is 8.54. The SMILES string of the molecule is CNCc1cc(-c2ccc(C)c(C)c2)ncn1. The Hall–Kier alpha value is -1.74. The summed E-state index contributed by atoms with van der Waals surface area (Å²) in [5.41, 5.74) is 5.73. The number of nitrogens with one attached hydrogen (secondary N) is 1. The number of aromatic nitrogens is 2. The zero-order chi connectivity index (χ0) is 12.3. The van der Waals surface area contributed by atoms with E-state index >= 15 is 0 Å². The standard InChI is InChI=1S/C14H17N3/c1-10-4-5-12(6-11(10)2)14-7-13(8-15-3)16-9-17-14/h4-7,9,15H,8H2,1-3H3. The summed E-state index contributed by atoms with van der Waals surface area (Å²) >= 11 is 0. The van der Waals surface area contributed by atoms with Gasteiger partial charge in [0, 0.05) is 12.1 Å². The van der Waals surface area contributed by atoms with Crippen molar-refractivity contribution in [3.63, 3.8) is 0 Å². The third kappa shape index (κ3) is 2.68. The predicted octanol–water partition coefficient (Wildman–Crippen LogP) is 2.48. The Kier molecular flexibility index (Phi) is 3.49. The van der Waals surface area contributed by atoms with Crippen LogP contribution >= 0.6 is 0 Å². The van der Waals surface area contributed by atoms with Gasteiger partial charge in [0.2, 0.25) is 0 Å². The molecule has 0 bridgehead atoms. The maximum Gasteiger partial charge on any atom is 0.116 e. The van der Waals surface area contributed by atoms with Gasteiger partial charge in [-0.15, -0.1) is 0 Å². The minimum atomic E-state index is 0.764. The molecule has 0 spiro atoms. The molecule has 1 aromatic carbocycles. The summed E-state index contributed by atoms with van der Waals surface area (Å²) in [6, 6.07) is 8.43. The van der Waals surface area contributed by atoms with Crippen LogP contribution in [0.5, 0.6) is 0 Å². The predicted molar refractivity (Wildman–Crippen MR) is 69.7 cm³/mol. The molecule has 0 unspecified atom stereocenters. The highest BCUT2D eigenvalue weighted by molar-refractivity contribution is 5.60. The van der Waals surface area contributed by atoms with Crippen molar-refractivity contribution >= 4 is 0 Å². The Bertz CT molecular complexity index is 521. The highest BCUT2D eigenvalue weighted by Crippen LogP contribution is 2.20. The molecule has 0 saturated carbocycles. The van der Waals surface area contributed by atoms with Crippen LogP contribution in [0, 0.1) is 13.8 Å². The van der Waals surface area contributed by atoms with E-state index in [2.05, 4.69) is 47.3 Å². The lowest BCUT2D eigenvalue weighted by Gasteiger charge is -2.06. The molecule has 3 heteroatoms. The molecule has 0 radical (unpaired) electrons. The Morgan fingerprint density at radius 3 is 2.59 bits per heavy atom. The first-order valence-electron chi connectivity index (χ1n) is 5.74. The lowest BCUT2D eigenvalue weighted by molar-refractivity contribution is 0.787. The molecule has 88 valence electrons. The van der Waals surface area contributed by atoms with Crippen LogP contribution in [0.2, 0.25) is 0 Å². The summed E-state index contributed by atoms with van der Waals surface area (Å²) in [6.45, 7) is 5.00.